The molecule has 0 aliphatic carbocycles. The zero-order chi connectivity index (χ0) is 12.8. The number of rotatable bonds is 5. The first-order valence-corrected chi connectivity index (χ1v) is 5.55. The van der Waals surface area contributed by atoms with Gasteiger partial charge in [-0.3, -0.25) is 4.79 Å². The topological polar surface area (TPSA) is 52.6 Å². The van der Waals surface area contributed by atoms with E-state index in [1.165, 1.54) is 13.0 Å². The summed E-state index contributed by atoms with van der Waals surface area (Å²) in [5.74, 6) is -0.131. The second kappa shape index (κ2) is 6.03. The molecule has 0 radical (unpaired) electrons. The van der Waals surface area contributed by atoms with Gasteiger partial charge >= 0.3 is 5.97 Å². The lowest BCUT2D eigenvalue weighted by Crippen LogP contribution is -2.09. The maximum Gasteiger partial charge on any atom is 0.341 e. The molecular formula is C13H16O4. The van der Waals surface area contributed by atoms with E-state index in [2.05, 4.69) is 0 Å². The van der Waals surface area contributed by atoms with Gasteiger partial charge in [-0.05, 0) is 39.0 Å². The van der Waals surface area contributed by atoms with E-state index in [9.17, 15) is 9.59 Å². The molecule has 1 rings (SSSR count). The maximum atomic E-state index is 11.7. The van der Waals surface area contributed by atoms with E-state index < -0.39 is 5.97 Å². The molecule has 0 atom stereocenters. The van der Waals surface area contributed by atoms with E-state index in [1.807, 2.05) is 6.92 Å². The summed E-state index contributed by atoms with van der Waals surface area (Å²) in [4.78, 5) is 23.0. The quantitative estimate of drug-likeness (QED) is 0.582. The lowest BCUT2D eigenvalue weighted by molar-refractivity contribution is 0.0522. The molecule has 0 saturated carbocycles. The van der Waals surface area contributed by atoms with Crippen LogP contribution in [-0.4, -0.2) is 25.0 Å². The minimum atomic E-state index is -0.473. The van der Waals surface area contributed by atoms with Gasteiger partial charge in [-0.25, -0.2) is 4.79 Å². The highest BCUT2D eigenvalue weighted by atomic mass is 16.5. The summed E-state index contributed by atoms with van der Waals surface area (Å²) in [5.41, 5.74) is 0.762. The summed E-state index contributed by atoms with van der Waals surface area (Å²) < 4.78 is 10.2. The van der Waals surface area contributed by atoms with Crippen molar-refractivity contribution in [3.05, 3.63) is 29.3 Å². The lowest BCUT2D eigenvalue weighted by atomic mass is 10.1. The van der Waals surface area contributed by atoms with Gasteiger partial charge in [0.2, 0.25) is 0 Å². The summed E-state index contributed by atoms with van der Waals surface area (Å²) >= 11 is 0. The van der Waals surface area contributed by atoms with E-state index in [-0.39, 0.29) is 12.4 Å². The monoisotopic (exact) mass is 236 g/mol. The molecule has 17 heavy (non-hydrogen) atoms. The van der Waals surface area contributed by atoms with Crippen molar-refractivity contribution in [2.45, 2.75) is 20.8 Å². The van der Waals surface area contributed by atoms with Gasteiger partial charge in [0.1, 0.15) is 11.3 Å². The first kappa shape index (κ1) is 13.2. The molecule has 0 heterocycles. The van der Waals surface area contributed by atoms with Crippen molar-refractivity contribution in [1.29, 1.82) is 0 Å². The Hall–Kier alpha value is -1.84. The van der Waals surface area contributed by atoms with Crippen LogP contribution >= 0.6 is 0 Å². The third-order valence-electron chi connectivity index (χ3n) is 2.18. The van der Waals surface area contributed by atoms with E-state index in [1.54, 1.807) is 19.1 Å². The zero-order valence-corrected chi connectivity index (χ0v) is 10.3. The summed E-state index contributed by atoms with van der Waals surface area (Å²) in [6.07, 6.45) is 0. The average molecular weight is 236 g/mol. The highest BCUT2D eigenvalue weighted by Crippen LogP contribution is 2.21. The Balaban J connectivity index is 3.15. The van der Waals surface area contributed by atoms with Crippen LogP contribution in [0.2, 0.25) is 0 Å². The van der Waals surface area contributed by atoms with Gasteiger partial charge in [-0.15, -0.1) is 0 Å². The molecule has 0 amide bonds. The highest BCUT2D eigenvalue weighted by Gasteiger charge is 2.15. The second-order valence-corrected chi connectivity index (χ2v) is 3.42. The molecule has 1 aromatic carbocycles. The number of ketones is 1. The largest absolute Gasteiger partial charge is 0.493 e. The molecule has 92 valence electrons. The van der Waals surface area contributed by atoms with Gasteiger partial charge in [0.25, 0.3) is 0 Å². The normalized spacial score (nSPS) is 9.82. The molecule has 0 aromatic heterocycles. The van der Waals surface area contributed by atoms with Crippen LogP contribution in [0.3, 0.4) is 0 Å². The fourth-order valence-corrected chi connectivity index (χ4v) is 1.40. The Morgan fingerprint density at radius 3 is 2.41 bits per heavy atom. The van der Waals surface area contributed by atoms with Gasteiger partial charge in [-0.2, -0.15) is 0 Å². The molecule has 4 heteroatoms. The molecule has 0 unspecified atom stereocenters. The number of carbonyl (C=O) groups is 2. The summed E-state index contributed by atoms with van der Waals surface area (Å²) in [6, 6.07) is 4.76. The highest BCUT2D eigenvalue weighted by molar-refractivity contribution is 5.99. The van der Waals surface area contributed by atoms with Crippen LogP contribution in [0.25, 0.3) is 0 Å². The van der Waals surface area contributed by atoms with E-state index in [4.69, 9.17) is 9.47 Å². The van der Waals surface area contributed by atoms with Crippen LogP contribution in [-0.2, 0) is 4.74 Å². The van der Waals surface area contributed by atoms with Gasteiger partial charge in [0.05, 0.1) is 13.2 Å². The Morgan fingerprint density at radius 2 is 1.88 bits per heavy atom. The molecule has 0 fully saturated rings. The minimum absolute atomic E-state index is 0.0985. The molecular weight excluding hydrogens is 220 g/mol. The average Bonchev–Trinajstić information content (AvgIpc) is 2.30. The summed E-state index contributed by atoms with van der Waals surface area (Å²) in [6.45, 7) is 5.74. The first-order chi connectivity index (χ1) is 8.10. The van der Waals surface area contributed by atoms with Gasteiger partial charge in [0, 0.05) is 5.56 Å². The Labute approximate surface area is 101 Å². The summed E-state index contributed by atoms with van der Waals surface area (Å²) in [7, 11) is 0. The number of ether oxygens (including phenoxy) is 2. The smallest absolute Gasteiger partial charge is 0.341 e. The van der Waals surface area contributed by atoms with Crippen molar-refractivity contribution < 1.29 is 19.1 Å². The zero-order valence-electron chi connectivity index (χ0n) is 10.3. The van der Waals surface area contributed by atoms with Crippen LogP contribution in [0.15, 0.2) is 18.2 Å². The Bertz CT molecular complexity index is 423. The van der Waals surface area contributed by atoms with Crippen LogP contribution in [0.1, 0.15) is 41.5 Å². The van der Waals surface area contributed by atoms with Crippen molar-refractivity contribution in [1.82, 2.24) is 0 Å². The van der Waals surface area contributed by atoms with Crippen LogP contribution in [0, 0.1) is 0 Å². The van der Waals surface area contributed by atoms with Crippen LogP contribution < -0.4 is 4.74 Å². The standard InChI is InChI=1S/C13H16O4/c1-4-16-12-7-6-10(9(3)14)8-11(12)13(15)17-5-2/h6-8H,4-5H2,1-3H3. The van der Waals surface area contributed by atoms with Gasteiger partial charge in [0.15, 0.2) is 5.78 Å². The number of hydrogen-bond donors (Lipinski definition) is 0. The minimum Gasteiger partial charge on any atom is -0.493 e. The number of Topliss-reactive ketones (excluding diaryl/α,β-unsaturated/α-hetero) is 1. The molecule has 4 nitrogen and oxygen atoms in total. The lowest BCUT2D eigenvalue weighted by Gasteiger charge is -2.10. The van der Waals surface area contributed by atoms with Crippen molar-refractivity contribution >= 4 is 11.8 Å². The molecule has 0 aliphatic rings. The SMILES string of the molecule is CCOC(=O)c1cc(C(C)=O)ccc1OCC. The Morgan fingerprint density at radius 1 is 1.18 bits per heavy atom. The van der Waals surface area contributed by atoms with Crippen molar-refractivity contribution in [3.8, 4) is 5.75 Å². The van der Waals surface area contributed by atoms with Gasteiger partial charge in [-0.1, -0.05) is 0 Å². The molecule has 1 aromatic rings. The predicted octanol–water partition coefficient (Wildman–Crippen LogP) is 2.46. The number of hydrogen-bond acceptors (Lipinski definition) is 4. The predicted molar refractivity (Wildman–Crippen MR) is 63.6 cm³/mol. The third kappa shape index (κ3) is 3.31. The molecule has 0 saturated heterocycles. The number of carbonyl (C=O) groups excluding carboxylic acids is 2. The van der Waals surface area contributed by atoms with E-state index >= 15 is 0 Å². The number of benzene rings is 1. The van der Waals surface area contributed by atoms with Crippen LogP contribution in [0.4, 0.5) is 0 Å². The Kier molecular flexibility index (Phi) is 4.69. The third-order valence-corrected chi connectivity index (χ3v) is 2.18. The van der Waals surface area contributed by atoms with E-state index in [0.29, 0.717) is 23.5 Å². The fourth-order valence-electron chi connectivity index (χ4n) is 1.40. The number of esters is 1. The van der Waals surface area contributed by atoms with Crippen molar-refractivity contribution in [2.75, 3.05) is 13.2 Å². The maximum absolute atomic E-state index is 11.7. The van der Waals surface area contributed by atoms with E-state index in [0.717, 1.165) is 0 Å². The molecule has 0 spiro atoms. The van der Waals surface area contributed by atoms with Gasteiger partial charge < -0.3 is 9.47 Å². The van der Waals surface area contributed by atoms with Crippen molar-refractivity contribution in [2.24, 2.45) is 0 Å². The van der Waals surface area contributed by atoms with Crippen molar-refractivity contribution in [3.63, 3.8) is 0 Å². The fraction of sp³-hybridized carbons (Fsp3) is 0.385. The summed E-state index contributed by atoms with van der Waals surface area (Å²) in [5, 5.41) is 0. The van der Waals surface area contributed by atoms with Crippen LogP contribution in [0.5, 0.6) is 5.75 Å². The molecule has 0 bridgehead atoms. The molecule has 0 N–H and O–H groups in total. The second-order valence-electron chi connectivity index (χ2n) is 3.42. The first-order valence-electron chi connectivity index (χ1n) is 5.55. The molecule has 0 aliphatic heterocycles.